The molecule has 1 amide bonds. The number of primary sulfonamides is 1. The normalized spacial score (nSPS) is 11.4. The number of amides is 1. The summed E-state index contributed by atoms with van der Waals surface area (Å²) >= 11 is 1.15. The van der Waals surface area contributed by atoms with Crippen molar-refractivity contribution in [2.75, 3.05) is 6.54 Å². The molecule has 0 fully saturated rings. The molecule has 0 unspecified atom stereocenters. The Hall–Kier alpha value is -0.920. The summed E-state index contributed by atoms with van der Waals surface area (Å²) in [5, 5.41) is 7.82. The minimum atomic E-state index is -3.60. The van der Waals surface area contributed by atoms with Crippen LogP contribution in [-0.2, 0) is 21.2 Å². The van der Waals surface area contributed by atoms with E-state index in [9.17, 15) is 13.2 Å². The van der Waals surface area contributed by atoms with E-state index >= 15 is 0 Å². The average Bonchev–Trinajstić information content (AvgIpc) is 2.74. The first-order valence-electron chi connectivity index (χ1n) is 5.81. The van der Waals surface area contributed by atoms with Gasteiger partial charge in [-0.1, -0.05) is 13.3 Å². The van der Waals surface area contributed by atoms with Gasteiger partial charge in [0.2, 0.25) is 15.9 Å². The van der Waals surface area contributed by atoms with E-state index in [4.69, 9.17) is 5.14 Å². The van der Waals surface area contributed by atoms with Gasteiger partial charge in [-0.3, -0.25) is 4.79 Å². The number of unbranched alkanes of at least 4 members (excludes halogenated alkanes) is 1. The van der Waals surface area contributed by atoms with E-state index in [1.807, 2.05) is 6.92 Å². The van der Waals surface area contributed by atoms with Gasteiger partial charge in [0, 0.05) is 17.8 Å². The predicted octanol–water partition coefficient (Wildman–Crippen LogP) is 1.24. The number of thiophene rings is 1. The zero-order valence-electron chi connectivity index (χ0n) is 10.3. The first kappa shape index (κ1) is 15.1. The summed E-state index contributed by atoms with van der Waals surface area (Å²) in [5.41, 5.74) is 0. The van der Waals surface area contributed by atoms with Crippen LogP contribution >= 0.6 is 11.3 Å². The van der Waals surface area contributed by atoms with Crippen LogP contribution in [0.2, 0.25) is 0 Å². The molecule has 0 aliphatic heterocycles. The van der Waals surface area contributed by atoms with Crippen molar-refractivity contribution < 1.29 is 13.2 Å². The Labute approximate surface area is 111 Å². The third kappa shape index (κ3) is 5.16. The molecule has 0 bridgehead atoms. The quantitative estimate of drug-likeness (QED) is 0.792. The van der Waals surface area contributed by atoms with Gasteiger partial charge < -0.3 is 5.32 Å². The highest BCUT2D eigenvalue weighted by Gasteiger charge is 2.11. The fraction of sp³-hybridized carbons (Fsp3) is 0.545. The molecular formula is C11H18N2O3S2. The molecule has 1 heterocycles. The Morgan fingerprint density at radius 3 is 2.72 bits per heavy atom. The molecule has 0 aliphatic carbocycles. The molecule has 3 N–H and O–H groups in total. The Bertz CT molecular complexity index is 494. The van der Waals surface area contributed by atoms with Gasteiger partial charge in [0.15, 0.2) is 0 Å². The summed E-state index contributed by atoms with van der Waals surface area (Å²) in [6.45, 7) is 2.56. The largest absolute Gasteiger partial charge is 0.356 e. The van der Waals surface area contributed by atoms with Crippen LogP contribution in [0.3, 0.4) is 0 Å². The molecule has 1 aromatic heterocycles. The minimum Gasteiger partial charge on any atom is -0.356 e. The second-order valence-corrected chi connectivity index (χ2v) is 6.93. The molecule has 5 nitrogen and oxygen atoms in total. The van der Waals surface area contributed by atoms with E-state index in [0.29, 0.717) is 19.4 Å². The molecule has 7 heteroatoms. The number of nitrogens with two attached hydrogens (primary N) is 1. The van der Waals surface area contributed by atoms with Crippen molar-refractivity contribution in [3.8, 4) is 0 Å². The van der Waals surface area contributed by atoms with Crippen molar-refractivity contribution in [1.29, 1.82) is 0 Å². The molecule has 0 radical (unpaired) electrons. The monoisotopic (exact) mass is 290 g/mol. The third-order valence-electron chi connectivity index (χ3n) is 2.37. The van der Waals surface area contributed by atoms with E-state index in [0.717, 1.165) is 29.1 Å². The maximum Gasteiger partial charge on any atom is 0.247 e. The molecule has 0 atom stereocenters. The minimum absolute atomic E-state index is 0.0417. The molecule has 18 heavy (non-hydrogen) atoms. The van der Waals surface area contributed by atoms with E-state index in [2.05, 4.69) is 5.32 Å². The third-order valence-corrected chi connectivity index (χ3v) is 4.95. The first-order chi connectivity index (χ1) is 8.43. The number of carbonyl (C=O) groups is 1. The average molecular weight is 290 g/mol. The van der Waals surface area contributed by atoms with E-state index in [1.54, 1.807) is 6.07 Å². The van der Waals surface area contributed by atoms with Gasteiger partial charge >= 0.3 is 0 Å². The van der Waals surface area contributed by atoms with Crippen molar-refractivity contribution in [3.05, 3.63) is 17.0 Å². The van der Waals surface area contributed by atoms with Gasteiger partial charge in [0.05, 0.1) is 0 Å². The molecule has 102 valence electrons. The molecule has 0 aliphatic rings. The molecule has 0 aromatic carbocycles. The van der Waals surface area contributed by atoms with Crippen LogP contribution in [0.5, 0.6) is 0 Å². The predicted molar refractivity (Wildman–Crippen MR) is 71.9 cm³/mol. The summed E-state index contributed by atoms with van der Waals surface area (Å²) in [6.07, 6.45) is 3.05. The van der Waals surface area contributed by atoms with Crippen molar-refractivity contribution in [2.45, 2.75) is 36.8 Å². The summed E-state index contributed by atoms with van der Waals surface area (Å²) in [5.74, 6) is 0.0417. The molecule has 0 saturated heterocycles. The first-order valence-corrected chi connectivity index (χ1v) is 8.18. The van der Waals surface area contributed by atoms with E-state index in [1.165, 1.54) is 6.07 Å². The lowest BCUT2D eigenvalue weighted by molar-refractivity contribution is -0.121. The van der Waals surface area contributed by atoms with E-state index in [-0.39, 0.29) is 10.1 Å². The Morgan fingerprint density at radius 2 is 2.17 bits per heavy atom. The number of sulfonamides is 1. The summed E-state index contributed by atoms with van der Waals surface area (Å²) < 4.78 is 22.3. The lowest BCUT2D eigenvalue weighted by Gasteiger charge is -2.02. The summed E-state index contributed by atoms with van der Waals surface area (Å²) in [7, 11) is -3.60. The molecule has 1 aromatic rings. The van der Waals surface area contributed by atoms with Crippen LogP contribution in [0.4, 0.5) is 0 Å². The van der Waals surface area contributed by atoms with Gasteiger partial charge in [-0.25, -0.2) is 13.6 Å². The topological polar surface area (TPSA) is 89.3 Å². The Kier molecular flexibility index (Phi) is 5.77. The number of hydrogen-bond donors (Lipinski definition) is 2. The van der Waals surface area contributed by atoms with Crippen molar-refractivity contribution in [2.24, 2.45) is 5.14 Å². The van der Waals surface area contributed by atoms with Crippen molar-refractivity contribution in [1.82, 2.24) is 5.32 Å². The molecule has 0 saturated carbocycles. The van der Waals surface area contributed by atoms with Gasteiger partial charge in [0.1, 0.15) is 4.21 Å². The lowest BCUT2D eigenvalue weighted by atomic mass is 10.2. The lowest BCUT2D eigenvalue weighted by Crippen LogP contribution is -2.25. The summed E-state index contributed by atoms with van der Waals surface area (Å²) in [6, 6.07) is 3.22. The van der Waals surface area contributed by atoms with Crippen LogP contribution in [0.15, 0.2) is 16.3 Å². The number of hydrogen-bond acceptors (Lipinski definition) is 4. The maximum atomic E-state index is 11.3. The van der Waals surface area contributed by atoms with Crippen molar-refractivity contribution in [3.63, 3.8) is 0 Å². The zero-order valence-corrected chi connectivity index (χ0v) is 11.9. The van der Waals surface area contributed by atoms with Crippen molar-refractivity contribution >= 4 is 27.3 Å². The van der Waals surface area contributed by atoms with Crippen LogP contribution in [0, 0.1) is 0 Å². The van der Waals surface area contributed by atoms with Gasteiger partial charge in [-0.05, 0) is 25.0 Å². The van der Waals surface area contributed by atoms with Crippen LogP contribution in [0.1, 0.15) is 31.1 Å². The zero-order chi connectivity index (χ0) is 13.6. The highest BCUT2D eigenvalue weighted by atomic mass is 32.2. The maximum absolute atomic E-state index is 11.3. The van der Waals surface area contributed by atoms with Crippen LogP contribution < -0.4 is 10.5 Å². The fourth-order valence-corrected chi connectivity index (χ4v) is 3.17. The Balaban J connectivity index is 2.36. The highest BCUT2D eigenvalue weighted by Crippen LogP contribution is 2.20. The van der Waals surface area contributed by atoms with Gasteiger partial charge in [-0.15, -0.1) is 11.3 Å². The standard InChI is InChI=1S/C11H18N2O3S2/c1-2-3-4-10(14)13-8-7-9-5-6-11(17-9)18(12,15)16/h5-6H,2-4,7-8H2,1H3,(H,13,14)(H2,12,15,16). The SMILES string of the molecule is CCCCC(=O)NCCc1ccc(S(N)(=O)=O)s1. The van der Waals surface area contributed by atoms with E-state index < -0.39 is 10.0 Å². The smallest absolute Gasteiger partial charge is 0.247 e. The summed E-state index contributed by atoms with van der Waals surface area (Å²) in [4.78, 5) is 12.2. The number of rotatable bonds is 7. The number of carbonyl (C=O) groups excluding carboxylic acids is 1. The van der Waals surface area contributed by atoms with Crippen LogP contribution in [0.25, 0.3) is 0 Å². The van der Waals surface area contributed by atoms with Gasteiger partial charge in [0.25, 0.3) is 0 Å². The van der Waals surface area contributed by atoms with Crippen LogP contribution in [-0.4, -0.2) is 20.9 Å². The molecular weight excluding hydrogens is 272 g/mol. The second-order valence-electron chi connectivity index (χ2n) is 3.97. The fourth-order valence-electron chi connectivity index (χ4n) is 1.40. The highest BCUT2D eigenvalue weighted by molar-refractivity contribution is 7.91. The van der Waals surface area contributed by atoms with Gasteiger partial charge in [-0.2, -0.15) is 0 Å². The second kappa shape index (κ2) is 6.86. The Morgan fingerprint density at radius 1 is 1.44 bits per heavy atom. The number of nitrogens with one attached hydrogen (secondary N) is 1. The molecule has 1 rings (SSSR count). The molecule has 0 spiro atoms.